The Bertz CT molecular complexity index is 408. The maximum absolute atomic E-state index is 11.2. The number of aryl methyl sites for hydroxylation is 1. The van der Waals surface area contributed by atoms with Crippen LogP contribution >= 0.6 is 0 Å². The molecule has 0 aliphatic carbocycles. The van der Waals surface area contributed by atoms with E-state index in [0.29, 0.717) is 6.54 Å². The minimum absolute atomic E-state index is 0.103. The van der Waals surface area contributed by atoms with Crippen LogP contribution in [0.5, 0.6) is 0 Å². The summed E-state index contributed by atoms with van der Waals surface area (Å²) in [7, 11) is -1.29. The average molecular weight is 217 g/mol. The summed E-state index contributed by atoms with van der Waals surface area (Å²) in [5.74, 6) is 0.103. The molecule has 0 aliphatic heterocycles. The van der Waals surface area contributed by atoms with Gasteiger partial charge in [0.1, 0.15) is 0 Å². The third-order valence-corrected chi connectivity index (χ3v) is 3.54. The lowest BCUT2D eigenvalue weighted by Crippen LogP contribution is -2.24. The van der Waals surface area contributed by atoms with Crippen LogP contribution in [0, 0.1) is 6.92 Å². The fraction of sp³-hybridized carbons (Fsp3) is 0.625. The largest absolute Gasteiger partial charge is 0.273 e. The van der Waals surface area contributed by atoms with Crippen molar-refractivity contribution >= 4 is 10.0 Å². The molecular formula is C8H15N3O2S. The second kappa shape index (κ2) is 4.10. The Morgan fingerprint density at radius 1 is 1.57 bits per heavy atom. The van der Waals surface area contributed by atoms with Crippen LogP contribution < -0.4 is 4.72 Å². The molecule has 14 heavy (non-hydrogen) atoms. The van der Waals surface area contributed by atoms with Gasteiger partial charge in [0, 0.05) is 24.8 Å². The number of hydrogen-bond acceptors (Lipinski definition) is 3. The summed E-state index contributed by atoms with van der Waals surface area (Å²) in [5, 5.41) is 4.02. The summed E-state index contributed by atoms with van der Waals surface area (Å²) in [6.45, 7) is 3.83. The standard InChI is InChI=1S/C8H15N3O2S/c1-4-14(12,13)10-6-8-5-9-11(3)7(8)2/h5,10H,4,6H2,1-3H3. The molecule has 0 aliphatic rings. The molecule has 0 aromatic carbocycles. The van der Waals surface area contributed by atoms with E-state index in [0.717, 1.165) is 11.3 Å². The second-order valence-electron chi connectivity index (χ2n) is 3.10. The lowest BCUT2D eigenvalue weighted by Gasteiger charge is -2.03. The van der Waals surface area contributed by atoms with Crippen molar-refractivity contribution < 1.29 is 8.42 Å². The molecule has 1 rings (SSSR count). The quantitative estimate of drug-likeness (QED) is 0.781. The zero-order chi connectivity index (χ0) is 10.8. The molecule has 5 nitrogen and oxygen atoms in total. The van der Waals surface area contributed by atoms with Crippen LogP contribution in [0.3, 0.4) is 0 Å². The number of sulfonamides is 1. The van der Waals surface area contributed by atoms with E-state index in [1.807, 2.05) is 14.0 Å². The highest BCUT2D eigenvalue weighted by Gasteiger charge is 2.08. The van der Waals surface area contributed by atoms with E-state index in [4.69, 9.17) is 0 Å². The Kier molecular flexibility index (Phi) is 3.28. The maximum Gasteiger partial charge on any atom is 0.211 e. The van der Waals surface area contributed by atoms with Gasteiger partial charge in [-0.2, -0.15) is 5.10 Å². The molecule has 1 aromatic heterocycles. The van der Waals surface area contributed by atoms with Gasteiger partial charge in [-0.25, -0.2) is 13.1 Å². The van der Waals surface area contributed by atoms with Gasteiger partial charge in [-0.1, -0.05) is 0 Å². The fourth-order valence-corrected chi connectivity index (χ4v) is 1.59. The topological polar surface area (TPSA) is 64.0 Å². The molecule has 1 N–H and O–H groups in total. The predicted molar refractivity (Wildman–Crippen MR) is 54.2 cm³/mol. The van der Waals surface area contributed by atoms with Crippen LogP contribution in [0.2, 0.25) is 0 Å². The van der Waals surface area contributed by atoms with E-state index in [9.17, 15) is 8.42 Å². The van der Waals surface area contributed by atoms with Crippen molar-refractivity contribution in [2.45, 2.75) is 20.4 Å². The number of nitrogens with zero attached hydrogens (tertiary/aromatic N) is 2. The first-order valence-corrected chi connectivity index (χ1v) is 6.06. The van der Waals surface area contributed by atoms with E-state index in [-0.39, 0.29) is 5.75 Å². The van der Waals surface area contributed by atoms with Crippen LogP contribution in [0.4, 0.5) is 0 Å². The Hall–Kier alpha value is -0.880. The lowest BCUT2D eigenvalue weighted by atomic mass is 10.3. The van der Waals surface area contributed by atoms with E-state index in [1.54, 1.807) is 17.8 Å². The first-order valence-electron chi connectivity index (χ1n) is 4.41. The van der Waals surface area contributed by atoms with Crippen molar-refractivity contribution in [1.29, 1.82) is 0 Å². The SMILES string of the molecule is CCS(=O)(=O)NCc1cnn(C)c1C. The predicted octanol–water partition coefficient (Wildman–Crippen LogP) is 0.168. The molecule has 0 saturated carbocycles. The molecule has 80 valence electrons. The zero-order valence-corrected chi connectivity index (χ0v) is 9.43. The van der Waals surface area contributed by atoms with Gasteiger partial charge in [0.15, 0.2) is 0 Å². The minimum atomic E-state index is -3.11. The molecule has 6 heteroatoms. The van der Waals surface area contributed by atoms with Crippen LogP contribution in [-0.2, 0) is 23.6 Å². The van der Waals surface area contributed by atoms with Gasteiger partial charge in [-0.3, -0.25) is 4.68 Å². The Morgan fingerprint density at radius 2 is 2.21 bits per heavy atom. The molecule has 0 saturated heterocycles. The molecular weight excluding hydrogens is 202 g/mol. The Morgan fingerprint density at radius 3 is 2.64 bits per heavy atom. The molecule has 0 unspecified atom stereocenters. The maximum atomic E-state index is 11.2. The number of aromatic nitrogens is 2. The second-order valence-corrected chi connectivity index (χ2v) is 5.20. The first kappa shape index (κ1) is 11.2. The number of hydrogen-bond donors (Lipinski definition) is 1. The number of nitrogens with one attached hydrogen (secondary N) is 1. The van der Waals surface area contributed by atoms with E-state index < -0.39 is 10.0 Å². The van der Waals surface area contributed by atoms with Crippen molar-refractivity contribution in [2.24, 2.45) is 7.05 Å². The van der Waals surface area contributed by atoms with Gasteiger partial charge in [-0.05, 0) is 13.8 Å². The molecule has 0 bridgehead atoms. The fourth-order valence-electron chi connectivity index (χ4n) is 1.01. The summed E-state index contributed by atoms with van der Waals surface area (Å²) >= 11 is 0. The summed E-state index contributed by atoms with van der Waals surface area (Å²) in [6, 6.07) is 0. The van der Waals surface area contributed by atoms with Gasteiger partial charge in [0.05, 0.1) is 11.9 Å². The van der Waals surface area contributed by atoms with Gasteiger partial charge in [0.2, 0.25) is 10.0 Å². The zero-order valence-electron chi connectivity index (χ0n) is 8.61. The van der Waals surface area contributed by atoms with Crippen molar-refractivity contribution in [3.8, 4) is 0 Å². The van der Waals surface area contributed by atoms with E-state index in [1.165, 1.54) is 0 Å². The van der Waals surface area contributed by atoms with Crippen LogP contribution in [-0.4, -0.2) is 24.0 Å². The highest BCUT2D eigenvalue weighted by Crippen LogP contribution is 2.05. The average Bonchev–Trinajstić information content (AvgIpc) is 2.45. The van der Waals surface area contributed by atoms with E-state index in [2.05, 4.69) is 9.82 Å². The van der Waals surface area contributed by atoms with Crippen LogP contribution in [0.15, 0.2) is 6.20 Å². The van der Waals surface area contributed by atoms with Crippen molar-refractivity contribution in [2.75, 3.05) is 5.75 Å². The van der Waals surface area contributed by atoms with Crippen molar-refractivity contribution in [1.82, 2.24) is 14.5 Å². The van der Waals surface area contributed by atoms with Crippen LogP contribution in [0.1, 0.15) is 18.2 Å². The molecule has 1 aromatic rings. The Balaban J connectivity index is 2.68. The Labute approximate surface area is 84.2 Å². The molecule has 1 heterocycles. The van der Waals surface area contributed by atoms with Crippen LogP contribution in [0.25, 0.3) is 0 Å². The highest BCUT2D eigenvalue weighted by molar-refractivity contribution is 7.89. The molecule has 0 amide bonds. The highest BCUT2D eigenvalue weighted by atomic mass is 32.2. The van der Waals surface area contributed by atoms with Gasteiger partial charge in [0.25, 0.3) is 0 Å². The third-order valence-electron chi connectivity index (χ3n) is 2.20. The molecule has 0 atom stereocenters. The monoisotopic (exact) mass is 217 g/mol. The molecule has 0 radical (unpaired) electrons. The minimum Gasteiger partial charge on any atom is -0.273 e. The molecule has 0 spiro atoms. The summed E-state index contributed by atoms with van der Waals surface area (Å²) in [6.07, 6.45) is 1.67. The smallest absolute Gasteiger partial charge is 0.211 e. The normalized spacial score (nSPS) is 11.9. The summed E-state index contributed by atoms with van der Waals surface area (Å²) in [5.41, 5.74) is 1.88. The third kappa shape index (κ3) is 2.55. The lowest BCUT2D eigenvalue weighted by molar-refractivity contribution is 0.582. The molecule has 0 fully saturated rings. The van der Waals surface area contributed by atoms with Gasteiger partial charge in [-0.15, -0.1) is 0 Å². The first-order chi connectivity index (χ1) is 6.46. The van der Waals surface area contributed by atoms with Gasteiger partial charge >= 0.3 is 0 Å². The summed E-state index contributed by atoms with van der Waals surface area (Å²) < 4.78 is 26.5. The summed E-state index contributed by atoms with van der Waals surface area (Å²) in [4.78, 5) is 0. The van der Waals surface area contributed by atoms with Gasteiger partial charge < -0.3 is 0 Å². The number of rotatable bonds is 4. The van der Waals surface area contributed by atoms with Crippen molar-refractivity contribution in [3.05, 3.63) is 17.5 Å². The van der Waals surface area contributed by atoms with E-state index >= 15 is 0 Å². The van der Waals surface area contributed by atoms with Crippen molar-refractivity contribution in [3.63, 3.8) is 0 Å².